The predicted molar refractivity (Wildman–Crippen MR) is 67.1 cm³/mol. The first kappa shape index (κ1) is 8.88. The molecule has 0 spiro atoms. The molecule has 0 aliphatic heterocycles. The topological polar surface area (TPSA) is 0 Å². The van der Waals surface area contributed by atoms with Gasteiger partial charge in [0.15, 0.2) is 0 Å². The van der Waals surface area contributed by atoms with E-state index in [0.717, 1.165) is 6.42 Å². The lowest BCUT2D eigenvalue weighted by Gasteiger charge is -2.00. The Bertz CT molecular complexity index is 358. The molecule has 0 aromatic heterocycles. The van der Waals surface area contributed by atoms with Crippen LogP contribution in [0.5, 0.6) is 0 Å². The van der Waals surface area contributed by atoms with E-state index in [2.05, 4.69) is 54.6 Å². The van der Waals surface area contributed by atoms with E-state index in [1.807, 2.05) is 0 Å². The van der Waals surface area contributed by atoms with Crippen molar-refractivity contribution >= 4 is 24.2 Å². The Morgan fingerprint density at radius 1 is 1.00 bits per heavy atom. The number of hydrogen-bond acceptors (Lipinski definition) is 0. The van der Waals surface area contributed by atoms with Crippen LogP contribution in [0.3, 0.4) is 0 Å². The lowest BCUT2D eigenvalue weighted by atomic mass is 10.2. The second-order valence-electron chi connectivity index (χ2n) is 2.83. The van der Waals surface area contributed by atoms with Gasteiger partial charge in [-0.3, -0.25) is 0 Å². The SMILES string of the molecule is C1=CCC(=Ic2ccccc2)C=C1. The zero-order valence-electron chi connectivity index (χ0n) is 7.28. The molecule has 0 N–H and O–H groups in total. The van der Waals surface area contributed by atoms with Crippen LogP contribution in [0.4, 0.5) is 0 Å². The van der Waals surface area contributed by atoms with Crippen molar-refractivity contribution in [3.8, 4) is 0 Å². The molecular weight excluding hydrogens is 271 g/mol. The summed E-state index contributed by atoms with van der Waals surface area (Å²) in [5.74, 6) is 0. The first-order valence-electron chi connectivity index (χ1n) is 4.34. The Balaban J connectivity index is 2.21. The molecule has 0 atom stereocenters. The molecule has 0 bridgehead atoms. The molecule has 1 aliphatic carbocycles. The number of hydrogen-bond donors (Lipinski definition) is 0. The maximum atomic E-state index is 2.26. The minimum Gasteiger partial charge on any atom is -0.0817 e. The van der Waals surface area contributed by atoms with Gasteiger partial charge >= 0.3 is 0 Å². The van der Waals surface area contributed by atoms with Crippen molar-refractivity contribution in [1.82, 2.24) is 0 Å². The molecule has 0 nitrogen and oxygen atoms in total. The minimum absolute atomic E-state index is 0.0842. The molecule has 0 amide bonds. The molecule has 0 unspecified atom stereocenters. The van der Waals surface area contributed by atoms with E-state index in [1.54, 1.807) is 3.51 Å². The molecule has 0 heterocycles. The number of allylic oxidation sites excluding steroid dienone is 4. The summed E-state index contributed by atoms with van der Waals surface area (Å²) < 4.78 is 3.11. The van der Waals surface area contributed by atoms with Gasteiger partial charge in [-0.05, 0) is 22.1 Å². The first-order chi connectivity index (χ1) is 6.45. The molecule has 0 radical (unpaired) electrons. The van der Waals surface area contributed by atoms with Crippen molar-refractivity contribution in [3.63, 3.8) is 0 Å². The molecule has 1 aromatic carbocycles. The predicted octanol–water partition coefficient (Wildman–Crippen LogP) is 3.52. The van der Waals surface area contributed by atoms with E-state index in [9.17, 15) is 0 Å². The number of halogens is 1. The summed E-state index contributed by atoms with van der Waals surface area (Å²) in [6.07, 6.45) is 9.91. The van der Waals surface area contributed by atoms with Crippen LogP contribution < -0.4 is 0 Å². The highest BCUT2D eigenvalue weighted by Crippen LogP contribution is 2.17. The van der Waals surface area contributed by atoms with Crippen molar-refractivity contribution in [3.05, 3.63) is 58.2 Å². The second-order valence-corrected chi connectivity index (χ2v) is 6.00. The largest absolute Gasteiger partial charge is 0.0817 e. The van der Waals surface area contributed by atoms with Crippen LogP contribution in [0.25, 0.3) is 0 Å². The van der Waals surface area contributed by atoms with E-state index in [4.69, 9.17) is 0 Å². The minimum atomic E-state index is 0.0842. The van der Waals surface area contributed by atoms with Crippen molar-refractivity contribution in [2.45, 2.75) is 6.42 Å². The molecule has 1 aromatic rings. The van der Waals surface area contributed by atoms with Crippen LogP contribution in [0.1, 0.15) is 6.42 Å². The van der Waals surface area contributed by atoms with Crippen molar-refractivity contribution in [2.75, 3.05) is 0 Å². The van der Waals surface area contributed by atoms with Crippen LogP contribution in [0, 0.1) is 3.57 Å². The summed E-state index contributed by atoms with van der Waals surface area (Å²) in [5.41, 5.74) is 0. The molecule has 13 heavy (non-hydrogen) atoms. The summed E-state index contributed by atoms with van der Waals surface area (Å²) in [5, 5.41) is 0. The average molecular weight is 282 g/mol. The van der Waals surface area contributed by atoms with Crippen LogP contribution in [0.15, 0.2) is 54.6 Å². The Hall–Kier alpha value is -0.700. The van der Waals surface area contributed by atoms with Crippen molar-refractivity contribution in [2.24, 2.45) is 0 Å². The van der Waals surface area contributed by atoms with Gasteiger partial charge in [0.05, 0.1) is 0 Å². The lowest BCUT2D eigenvalue weighted by Crippen LogP contribution is -1.89. The highest BCUT2D eigenvalue weighted by Gasteiger charge is 1.94. The average Bonchev–Trinajstić information content (AvgIpc) is 2.21. The maximum Gasteiger partial charge on any atom is 0.00795 e. The Morgan fingerprint density at radius 3 is 2.54 bits per heavy atom. The van der Waals surface area contributed by atoms with Crippen molar-refractivity contribution in [1.29, 1.82) is 0 Å². The third-order valence-electron chi connectivity index (χ3n) is 1.80. The fraction of sp³-hybridized carbons (Fsp3) is 0.0833. The summed E-state index contributed by atoms with van der Waals surface area (Å²) in [6.45, 7) is 0. The lowest BCUT2D eigenvalue weighted by molar-refractivity contribution is 1.51. The molecule has 0 fully saturated rings. The van der Waals surface area contributed by atoms with Gasteiger partial charge in [-0.1, -0.05) is 63.2 Å². The quantitative estimate of drug-likeness (QED) is 0.691. The van der Waals surface area contributed by atoms with Gasteiger partial charge in [0.25, 0.3) is 0 Å². The van der Waals surface area contributed by atoms with Gasteiger partial charge in [-0.15, -0.1) is 0 Å². The number of benzene rings is 1. The Labute approximate surface area is 88.7 Å². The second kappa shape index (κ2) is 4.51. The molecule has 1 aliphatic rings. The normalized spacial score (nSPS) is 18.6. The highest BCUT2D eigenvalue weighted by molar-refractivity contribution is 14.2. The van der Waals surface area contributed by atoms with Gasteiger partial charge in [-0.2, -0.15) is 0 Å². The first-order valence-corrected chi connectivity index (χ1v) is 6.50. The fourth-order valence-electron chi connectivity index (χ4n) is 1.18. The summed E-state index contributed by atoms with van der Waals surface area (Å²) >= 11 is 0.0842. The maximum absolute atomic E-state index is 2.26. The Kier molecular flexibility index (Phi) is 3.08. The van der Waals surface area contributed by atoms with Gasteiger partial charge in [0.2, 0.25) is 0 Å². The van der Waals surface area contributed by atoms with Gasteiger partial charge < -0.3 is 0 Å². The van der Waals surface area contributed by atoms with Crippen molar-refractivity contribution < 1.29 is 0 Å². The third-order valence-corrected chi connectivity index (χ3v) is 4.64. The van der Waals surface area contributed by atoms with Gasteiger partial charge in [-0.25, -0.2) is 0 Å². The molecule has 1 heteroatoms. The van der Waals surface area contributed by atoms with Crippen LogP contribution in [-0.4, -0.2) is 3.51 Å². The van der Waals surface area contributed by atoms with E-state index < -0.39 is 0 Å². The van der Waals surface area contributed by atoms with Crippen LogP contribution in [-0.2, 0) is 0 Å². The molecule has 0 saturated heterocycles. The molecule has 0 saturated carbocycles. The smallest absolute Gasteiger partial charge is 0.00795 e. The standard InChI is InChI=1S/C12H11I/c1-3-7-11(8-4-1)13-12-9-5-2-6-10-12/h1-9H,10H2. The summed E-state index contributed by atoms with van der Waals surface area (Å²) in [6, 6.07) is 10.8. The highest BCUT2D eigenvalue weighted by atomic mass is 127. The summed E-state index contributed by atoms with van der Waals surface area (Å²) in [7, 11) is 0. The van der Waals surface area contributed by atoms with Gasteiger partial charge in [0, 0.05) is 3.57 Å². The van der Waals surface area contributed by atoms with E-state index in [1.165, 1.54) is 3.57 Å². The van der Waals surface area contributed by atoms with E-state index >= 15 is 0 Å². The molecule has 66 valence electrons. The zero-order chi connectivity index (χ0) is 8.93. The van der Waals surface area contributed by atoms with E-state index in [0.29, 0.717) is 0 Å². The summed E-state index contributed by atoms with van der Waals surface area (Å²) in [4.78, 5) is 0. The third kappa shape index (κ3) is 2.62. The molecule has 2 rings (SSSR count). The Morgan fingerprint density at radius 2 is 1.85 bits per heavy atom. The van der Waals surface area contributed by atoms with Crippen LogP contribution in [0.2, 0.25) is 0 Å². The fourth-order valence-corrected chi connectivity index (χ4v) is 3.61. The van der Waals surface area contributed by atoms with Crippen LogP contribution >= 0.6 is 20.7 Å². The zero-order valence-corrected chi connectivity index (χ0v) is 9.44. The van der Waals surface area contributed by atoms with Gasteiger partial charge in [0.1, 0.15) is 0 Å². The number of rotatable bonds is 1. The molecular formula is C12H11I. The monoisotopic (exact) mass is 282 g/mol. The van der Waals surface area contributed by atoms with E-state index in [-0.39, 0.29) is 20.7 Å².